The van der Waals surface area contributed by atoms with Crippen LogP contribution < -0.4 is 10.2 Å². The van der Waals surface area contributed by atoms with Gasteiger partial charge in [0.1, 0.15) is 5.52 Å². The maximum atomic E-state index is 11.3. The first-order chi connectivity index (χ1) is 9.63. The van der Waals surface area contributed by atoms with Crippen molar-refractivity contribution in [1.82, 2.24) is 10.3 Å². The normalized spacial score (nSPS) is 16.0. The van der Waals surface area contributed by atoms with Gasteiger partial charge in [-0.1, -0.05) is 0 Å². The number of fused-ring (bicyclic) bond motifs is 1. The maximum absolute atomic E-state index is 11.3. The number of benzene rings is 1. The summed E-state index contributed by atoms with van der Waals surface area (Å²) in [5, 5.41) is 11.7. The summed E-state index contributed by atoms with van der Waals surface area (Å²) in [6, 6.07) is 4.98. The number of nitrogens with one attached hydrogen (secondary N) is 1. The smallest absolute Gasteiger partial charge is 0.335 e. The SMILES string of the molecule is O=C1CCN(c2nc3ccc(C(=O)O)cc3o2)CCN1. The van der Waals surface area contributed by atoms with Crippen molar-refractivity contribution >= 4 is 29.0 Å². The van der Waals surface area contributed by atoms with Crippen molar-refractivity contribution in [3.63, 3.8) is 0 Å². The molecular weight excluding hydrogens is 262 g/mol. The van der Waals surface area contributed by atoms with Crippen LogP contribution >= 0.6 is 0 Å². The van der Waals surface area contributed by atoms with Crippen molar-refractivity contribution in [2.45, 2.75) is 6.42 Å². The van der Waals surface area contributed by atoms with Crippen LogP contribution in [0.5, 0.6) is 0 Å². The van der Waals surface area contributed by atoms with Gasteiger partial charge in [-0.2, -0.15) is 4.98 Å². The van der Waals surface area contributed by atoms with E-state index in [1.807, 2.05) is 4.90 Å². The molecule has 0 aliphatic carbocycles. The molecule has 1 amide bonds. The molecule has 20 heavy (non-hydrogen) atoms. The molecule has 7 nitrogen and oxygen atoms in total. The molecule has 1 aliphatic heterocycles. The van der Waals surface area contributed by atoms with Crippen molar-refractivity contribution in [2.75, 3.05) is 24.5 Å². The number of amides is 1. The summed E-state index contributed by atoms with van der Waals surface area (Å²) in [5.41, 5.74) is 1.20. The number of hydrogen-bond acceptors (Lipinski definition) is 5. The molecule has 1 saturated heterocycles. The number of anilines is 1. The molecule has 1 aromatic carbocycles. The molecule has 2 N–H and O–H groups in total. The highest BCUT2D eigenvalue weighted by Gasteiger charge is 2.19. The van der Waals surface area contributed by atoms with Gasteiger partial charge in [-0.3, -0.25) is 4.79 Å². The van der Waals surface area contributed by atoms with Crippen molar-refractivity contribution < 1.29 is 19.1 Å². The van der Waals surface area contributed by atoms with Gasteiger partial charge in [0, 0.05) is 26.1 Å². The van der Waals surface area contributed by atoms with E-state index in [1.165, 1.54) is 12.1 Å². The fourth-order valence-corrected chi connectivity index (χ4v) is 2.14. The monoisotopic (exact) mass is 275 g/mol. The Kier molecular flexibility index (Phi) is 3.02. The Morgan fingerprint density at radius 3 is 3.05 bits per heavy atom. The van der Waals surface area contributed by atoms with E-state index < -0.39 is 5.97 Å². The van der Waals surface area contributed by atoms with Gasteiger partial charge in [0.05, 0.1) is 5.56 Å². The first-order valence-electron chi connectivity index (χ1n) is 6.29. The average molecular weight is 275 g/mol. The van der Waals surface area contributed by atoms with Crippen molar-refractivity contribution in [1.29, 1.82) is 0 Å². The Hall–Kier alpha value is -2.57. The number of aromatic carboxylic acids is 1. The molecule has 1 aliphatic rings. The van der Waals surface area contributed by atoms with Crippen molar-refractivity contribution in [3.8, 4) is 0 Å². The molecule has 0 spiro atoms. The quantitative estimate of drug-likeness (QED) is 0.843. The van der Waals surface area contributed by atoms with Crippen molar-refractivity contribution in [3.05, 3.63) is 23.8 Å². The van der Waals surface area contributed by atoms with Crippen LogP contribution in [0.2, 0.25) is 0 Å². The Morgan fingerprint density at radius 2 is 2.25 bits per heavy atom. The summed E-state index contributed by atoms with van der Waals surface area (Å²) in [7, 11) is 0. The molecular formula is C13H13N3O4. The lowest BCUT2D eigenvalue weighted by Crippen LogP contribution is -2.28. The number of carboxylic acids is 1. The Balaban J connectivity index is 1.92. The number of aromatic nitrogens is 1. The lowest BCUT2D eigenvalue weighted by atomic mass is 10.2. The molecule has 1 aromatic heterocycles. The molecule has 0 unspecified atom stereocenters. The second-order valence-corrected chi connectivity index (χ2v) is 4.57. The van der Waals surface area contributed by atoms with Crippen LogP contribution in [0.4, 0.5) is 6.01 Å². The summed E-state index contributed by atoms with van der Waals surface area (Å²) >= 11 is 0. The second kappa shape index (κ2) is 4.84. The molecule has 104 valence electrons. The standard InChI is InChI=1S/C13H13N3O4/c17-11-3-5-16(6-4-14-11)13-15-9-2-1-8(12(18)19)7-10(9)20-13/h1-2,7H,3-6H2,(H,14,17)(H,18,19). The van der Waals surface area contributed by atoms with E-state index in [9.17, 15) is 9.59 Å². The summed E-state index contributed by atoms with van der Waals surface area (Å²) in [6.45, 7) is 1.69. The molecule has 3 rings (SSSR count). The van der Waals surface area contributed by atoms with Crippen LogP contribution in [-0.2, 0) is 4.79 Å². The molecule has 7 heteroatoms. The molecule has 2 heterocycles. The highest BCUT2D eigenvalue weighted by molar-refractivity contribution is 5.92. The zero-order valence-electron chi connectivity index (χ0n) is 10.6. The van der Waals surface area contributed by atoms with Crippen LogP contribution in [0.25, 0.3) is 11.1 Å². The van der Waals surface area contributed by atoms with Crippen LogP contribution in [-0.4, -0.2) is 41.6 Å². The van der Waals surface area contributed by atoms with Gasteiger partial charge in [-0.15, -0.1) is 0 Å². The van der Waals surface area contributed by atoms with Gasteiger partial charge >= 0.3 is 5.97 Å². The lowest BCUT2D eigenvalue weighted by Gasteiger charge is -2.15. The number of hydrogen-bond donors (Lipinski definition) is 2. The zero-order chi connectivity index (χ0) is 14.1. The van der Waals surface area contributed by atoms with Crippen LogP contribution in [0.15, 0.2) is 22.6 Å². The van der Waals surface area contributed by atoms with E-state index in [1.54, 1.807) is 6.07 Å². The number of carbonyl (C=O) groups excluding carboxylic acids is 1. The first-order valence-corrected chi connectivity index (χ1v) is 6.29. The first kappa shape index (κ1) is 12.5. The van der Waals surface area contributed by atoms with Gasteiger partial charge in [0.2, 0.25) is 5.91 Å². The summed E-state index contributed by atoms with van der Waals surface area (Å²) in [6.07, 6.45) is 0.388. The van der Waals surface area contributed by atoms with E-state index in [-0.39, 0.29) is 11.5 Å². The van der Waals surface area contributed by atoms with Crippen LogP contribution in [0.1, 0.15) is 16.8 Å². The number of nitrogens with zero attached hydrogens (tertiary/aromatic N) is 2. The molecule has 0 radical (unpaired) electrons. The molecule has 1 fully saturated rings. The van der Waals surface area contributed by atoms with Gasteiger partial charge < -0.3 is 19.7 Å². The fourth-order valence-electron chi connectivity index (χ4n) is 2.14. The predicted molar refractivity (Wildman–Crippen MR) is 70.8 cm³/mol. The summed E-state index contributed by atoms with van der Waals surface area (Å²) in [4.78, 5) is 28.4. The van der Waals surface area contributed by atoms with Gasteiger partial charge in [-0.25, -0.2) is 4.79 Å². The van der Waals surface area contributed by atoms with E-state index >= 15 is 0 Å². The average Bonchev–Trinajstić information content (AvgIpc) is 2.73. The summed E-state index contributed by atoms with van der Waals surface area (Å²) in [5.74, 6) is -0.994. The van der Waals surface area contributed by atoms with Crippen molar-refractivity contribution in [2.24, 2.45) is 0 Å². The third-order valence-electron chi connectivity index (χ3n) is 3.21. The Labute approximate surface area is 114 Å². The second-order valence-electron chi connectivity index (χ2n) is 4.57. The van der Waals surface area contributed by atoms with E-state index in [0.717, 1.165) is 0 Å². The summed E-state index contributed by atoms with van der Waals surface area (Å²) < 4.78 is 5.60. The topological polar surface area (TPSA) is 95.7 Å². The van der Waals surface area contributed by atoms with Gasteiger partial charge in [0.15, 0.2) is 5.58 Å². The lowest BCUT2D eigenvalue weighted by molar-refractivity contribution is -0.120. The third kappa shape index (κ3) is 2.29. The fraction of sp³-hybridized carbons (Fsp3) is 0.308. The van der Waals surface area contributed by atoms with E-state index in [0.29, 0.717) is 43.2 Å². The number of carbonyl (C=O) groups is 2. The minimum absolute atomic E-state index is 0.0109. The number of rotatable bonds is 2. The highest BCUT2D eigenvalue weighted by atomic mass is 16.4. The van der Waals surface area contributed by atoms with E-state index in [2.05, 4.69) is 10.3 Å². The number of oxazole rings is 1. The predicted octanol–water partition coefficient (Wildman–Crippen LogP) is 0.852. The van der Waals surface area contributed by atoms with Crippen LogP contribution in [0, 0.1) is 0 Å². The molecule has 2 aromatic rings. The Bertz CT molecular complexity index is 679. The molecule has 0 saturated carbocycles. The number of carboxylic acid groups (broad SMARTS) is 1. The van der Waals surface area contributed by atoms with Gasteiger partial charge in [0.25, 0.3) is 6.01 Å². The maximum Gasteiger partial charge on any atom is 0.335 e. The van der Waals surface area contributed by atoms with Gasteiger partial charge in [-0.05, 0) is 18.2 Å². The minimum Gasteiger partial charge on any atom is -0.478 e. The molecule has 0 atom stereocenters. The largest absolute Gasteiger partial charge is 0.478 e. The van der Waals surface area contributed by atoms with E-state index in [4.69, 9.17) is 9.52 Å². The molecule has 0 bridgehead atoms. The van der Waals surface area contributed by atoms with Crippen LogP contribution in [0.3, 0.4) is 0 Å². The highest BCUT2D eigenvalue weighted by Crippen LogP contribution is 2.23. The third-order valence-corrected chi connectivity index (χ3v) is 3.21. The minimum atomic E-state index is -1.01. The zero-order valence-corrected chi connectivity index (χ0v) is 10.6. The Morgan fingerprint density at radius 1 is 1.40 bits per heavy atom.